The molecule has 0 aliphatic carbocycles. The number of hydrogen-bond donors (Lipinski definition) is 1. The molecule has 0 spiro atoms. The first kappa shape index (κ1) is 18.3. The highest BCUT2D eigenvalue weighted by atomic mass is 16.5. The van der Waals surface area contributed by atoms with Gasteiger partial charge in [0.25, 0.3) is 5.91 Å². The van der Waals surface area contributed by atoms with Gasteiger partial charge in [-0.2, -0.15) is 0 Å². The molecule has 4 nitrogen and oxygen atoms in total. The van der Waals surface area contributed by atoms with Crippen molar-refractivity contribution in [2.45, 2.75) is 6.61 Å². The molecule has 0 unspecified atom stereocenters. The van der Waals surface area contributed by atoms with E-state index >= 15 is 0 Å². The number of hydrogen-bond acceptors (Lipinski definition) is 3. The van der Waals surface area contributed by atoms with Crippen molar-refractivity contribution in [2.24, 2.45) is 0 Å². The Morgan fingerprint density at radius 3 is 2.41 bits per heavy atom. The molecule has 1 amide bonds. The normalized spacial score (nSPS) is 10.1. The molecule has 0 saturated heterocycles. The highest BCUT2D eigenvalue weighted by molar-refractivity contribution is 6.04. The predicted octanol–water partition coefficient (Wildman–Crippen LogP) is 5.08. The summed E-state index contributed by atoms with van der Waals surface area (Å²) in [5, 5.41) is 2.88. The molecule has 0 fully saturated rings. The standard InChI is InChI=1S/C23H21NO3/c1-2-14-26-22-13-7-11-20(16-22)24-23(25)19-10-6-12-21(15-19)27-17-18-8-4-3-5-9-18/h2-13,15-16H,1,14,17H2,(H,24,25). The van der Waals surface area contributed by atoms with Crippen molar-refractivity contribution in [3.63, 3.8) is 0 Å². The first-order valence-electron chi connectivity index (χ1n) is 8.66. The largest absolute Gasteiger partial charge is 0.489 e. The minimum Gasteiger partial charge on any atom is -0.489 e. The van der Waals surface area contributed by atoms with E-state index in [4.69, 9.17) is 9.47 Å². The second-order valence-corrected chi connectivity index (χ2v) is 5.88. The number of benzene rings is 3. The first-order valence-corrected chi connectivity index (χ1v) is 8.66. The number of ether oxygens (including phenoxy) is 2. The molecule has 3 aromatic carbocycles. The van der Waals surface area contributed by atoms with Crippen LogP contribution in [0.3, 0.4) is 0 Å². The summed E-state index contributed by atoms with van der Waals surface area (Å²) < 4.78 is 11.3. The molecule has 0 heterocycles. The van der Waals surface area contributed by atoms with Crippen LogP contribution >= 0.6 is 0 Å². The molecule has 0 aliphatic rings. The average molecular weight is 359 g/mol. The van der Waals surface area contributed by atoms with Gasteiger partial charge in [-0.25, -0.2) is 0 Å². The number of anilines is 1. The Labute approximate surface area is 159 Å². The molecular weight excluding hydrogens is 338 g/mol. The summed E-state index contributed by atoms with van der Waals surface area (Å²) in [7, 11) is 0. The van der Waals surface area contributed by atoms with Crippen LogP contribution < -0.4 is 14.8 Å². The first-order chi connectivity index (χ1) is 13.2. The van der Waals surface area contributed by atoms with E-state index in [2.05, 4.69) is 11.9 Å². The Kier molecular flexibility index (Phi) is 6.26. The third kappa shape index (κ3) is 5.47. The molecule has 3 rings (SSSR count). The summed E-state index contributed by atoms with van der Waals surface area (Å²) in [4.78, 5) is 12.5. The van der Waals surface area contributed by atoms with E-state index in [9.17, 15) is 4.79 Å². The third-order valence-electron chi connectivity index (χ3n) is 3.80. The molecule has 1 N–H and O–H groups in total. The molecule has 136 valence electrons. The maximum Gasteiger partial charge on any atom is 0.255 e. The minimum atomic E-state index is -0.207. The van der Waals surface area contributed by atoms with Gasteiger partial charge in [-0.15, -0.1) is 0 Å². The summed E-state index contributed by atoms with van der Waals surface area (Å²) in [6, 6.07) is 24.3. The lowest BCUT2D eigenvalue weighted by molar-refractivity contribution is 0.102. The van der Waals surface area contributed by atoms with Gasteiger partial charge in [0.05, 0.1) is 0 Å². The van der Waals surface area contributed by atoms with Crippen molar-refractivity contribution in [1.82, 2.24) is 0 Å². The molecule has 4 heteroatoms. The van der Waals surface area contributed by atoms with Crippen LogP contribution in [0.4, 0.5) is 5.69 Å². The van der Waals surface area contributed by atoms with Crippen LogP contribution in [0.15, 0.2) is 91.5 Å². The molecular formula is C23H21NO3. The quantitative estimate of drug-likeness (QED) is 0.570. The Balaban J connectivity index is 1.64. The Morgan fingerprint density at radius 2 is 1.63 bits per heavy atom. The highest BCUT2D eigenvalue weighted by Crippen LogP contribution is 2.20. The van der Waals surface area contributed by atoms with E-state index in [1.165, 1.54) is 0 Å². The smallest absolute Gasteiger partial charge is 0.255 e. The zero-order valence-electron chi connectivity index (χ0n) is 14.9. The number of carbonyl (C=O) groups is 1. The van der Waals surface area contributed by atoms with E-state index in [0.717, 1.165) is 5.56 Å². The molecule has 0 bridgehead atoms. The number of amides is 1. The minimum absolute atomic E-state index is 0.207. The molecule has 0 aliphatic heterocycles. The fourth-order valence-electron chi connectivity index (χ4n) is 2.49. The van der Waals surface area contributed by atoms with Crippen LogP contribution in [0.1, 0.15) is 15.9 Å². The van der Waals surface area contributed by atoms with Crippen molar-refractivity contribution < 1.29 is 14.3 Å². The third-order valence-corrected chi connectivity index (χ3v) is 3.80. The predicted molar refractivity (Wildman–Crippen MR) is 107 cm³/mol. The number of carbonyl (C=O) groups excluding carboxylic acids is 1. The van der Waals surface area contributed by atoms with Crippen LogP contribution in [0, 0.1) is 0 Å². The van der Waals surface area contributed by atoms with Crippen LogP contribution in [0.25, 0.3) is 0 Å². The van der Waals surface area contributed by atoms with Gasteiger partial charge < -0.3 is 14.8 Å². The van der Waals surface area contributed by atoms with Crippen LogP contribution in [0.2, 0.25) is 0 Å². The number of rotatable bonds is 8. The van der Waals surface area contributed by atoms with E-state index < -0.39 is 0 Å². The summed E-state index contributed by atoms with van der Waals surface area (Å²) in [5.41, 5.74) is 2.26. The van der Waals surface area contributed by atoms with Gasteiger partial charge in [0.2, 0.25) is 0 Å². The lowest BCUT2D eigenvalue weighted by Crippen LogP contribution is -2.12. The zero-order chi connectivity index (χ0) is 18.9. The van der Waals surface area contributed by atoms with Gasteiger partial charge in [-0.1, -0.05) is 55.1 Å². The maximum absolute atomic E-state index is 12.5. The molecule has 0 saturated carbocycles. The van der Waals surface area contributed by atoms with Crippen molar-refractivity contribution in [3.05, 3.63) is 103 Å². The molecule has 27 heavy (non-hydrogen) atoms. The topological polar surface area (TPSA) is 47.6 Å². The van der Waals surface area contributed by atoms with Crippen molar-refractivity contribution in [3.8, 4) is 11.5 Å². The van der Waals surface area contributed by atoms with E-state index in [-0.39, 0.29) is 5.91 Å². The van der Waals surface area contributed by atoms with E-state index in [0.29, 0.717) is 36.0 Å². The monoisotopic (exact) mass is 359 g/mol. The summed E-state index contributed by atoms with van der Waals surface area (Å²) in [6.07, 6.45) is 1.67. The Hall–Kier alpha value is -3.53. The summed E-state index contributed by atoms with van der Waals surface area (Å²) in [6.45, 7) is 4.49. The van der Waals surface area contributed by atoms with Gasteiger partial charge in [0, 0.05) is 17.3 Å². The second-order valence-electron chi connectivity index (χ2n) is 5.88. The van der Waals surface area contributed by atoms with Crippen molar-refractivity contribution in [1.29, 1.82) is 0 Å². The lowest BCUT2D eigenvalue weighted by atomic mass is 10.2. The van der Waals surface area contributed by atoms with Gasteiger partial charge in [0.1, 0.15) is 24.7 Å². The lowest BCUT2D eigenvalue weighted by Gasteiger charge is -2.10. The fraction of sp³-hybridized carbons (Fsp3) is 0.0870. The number of nitrogens with one attached hydrogen (secondary N) is 1. The van der Waals surface area contributed by atoms with Crippen LogP contribution in [0.5, 0.6) is 11.5 Å². The van der Waals surface area contributed by atoms with Crippen molar-refractivity contribution in [2.75, 3.05) is 11.9 Å². The van der Waals surface area contributed by atoms with Gasteiger partial charge in [-0.3, -0.25) is 4.79 Å². The van der Waals surface area contributed by atoms with E-state index in [1.807, 2.05) is 54.6 Å². The fourth-order valence-corrected chi connectivity index (χ4v) is 2.49. The van der Waals surface area contributed by atoms with Crippen LogP contribution in [-0.4, -0.2) is 12.5 Å². The molecule has 0 atom stereocenters. The SMILES string of the molecule is C=CCOc1cccc(NC(=O)c2cccc(OCc3ccccc3)c2)c1. The van der Waals surface area contributed by atoms with Gasteiger partial charge in [-0.05, 0) is 35.9 Å². The maximum atomic E-state index is 12.5. The van der Waals surface area contributed by atoms with E-state index in [1.54, 1.807) is 30.3 Å². The highest BCUT2D eigenvalue weighted by Gasteiger charge is 2.08. The molecule has 3 aromatic rings. The Morgan fingerprint density at radius 1 is 0.889 bits per heavy atom. The second kappa shape index (κ2) is 9.25. The van der Waals surface area contributed by atoms with Gasteiger partial charge in [0.15, 0.2) is 0 Å². The summed E-state index contributed by atoms with van der Waals surface area (Å²) in [5.74, 6) is 1.11. The average Bonchev–Trinajstić information content (AvgIpc) is 2.72. The molecule has 0 radical (unpaired) electrons. The Bertz CT molecular complexity index is 906. The van der Waals surface area contributed by atoms with Crippen LogP contribution in [-0.2, 0) is 6.61 Å². The summed E-state index contributed by atoms with van der Waals surface area (Å²) >= 11 is 0. The molecule has 0 aromatic heterocycles. The van der Waals surface area contributed by atoms with Gasteiger partial charge >= 0.3 is 0 Å². The zero-order valence-corrected chi connectivity index (χ0v) is 14.9. The van der Waals surface area contributed by atoms with Crippen molar-refractivity contribution >= 4 is 11.6 Å².